The number of methoxy groups -OCH3 is 2. The van der Waals surface area contributed by atoms with E-state index >= 15 is 0 Å². The van der Waals surface area contributed by atoms with Gasteiger partial charge >= 0.3 is 0 Å². The molecule has 0 atom stereocenters. The normalized spacial score (nSPS) is 16.4. The molecule has 0 aromatic carbocycles. The van der Waals surface area contributed by atoms with Gasteiger partial charge in [-0.3, -0.25) is 0 Å². The highest BCUT2D eigenvalue weighted by Gasteiger charge is 1.94. The van der Waals surface area contributed by atoms with Gasteiger partial charge in [0.05, 0.1) is 0 Å². The van der Waals surface area contributed by atoms with Gasteiger partial charge in [-0.25, -0.2) is 0 Å². The lowest BCUT2D eigenvalue weighted by Gasteiger charge is -2.03. The molecule has 1 heterocycles. The number of hydrogen-bond donors (Lipinski definition) is 0. The fraction of sp³-hybridized carbons (Fsp3) is 1.00. The SMILES string of the molecule is C1CCOC1.COC(C)OC. The second kappa shape index (κ2) is 7.98. The fourth-order valence-corrected chi connectivity index (χ4v) is 0.607. The number of ether oxygens (including phenoxy) is 3. The predicted octanol–water partition coefficient (Wildman–Crippen LogP) is 1.42. The molecule has 0 bridgehead atoms. The van der Waals surface area contributed by atoms with E-state index in [0.717, 1.165) is 13.2 Å². The average Bonchev–Trinajstić information content (AvgIpc) is 2.60. The van der Waals surface area contributed by atoms with Crippen LogP contribution in [0.2, 0.25) is 0 Å². The Labute approximate surface area is 68.6 Å². The Balaban J connectivity index is 0.000000183. The summed E-state index contributed by atoms with van der Waals surface area (Å²) < 4.78 is 14.3. The van der Waals surface area contributed by atoms with E-state index in [0.29, 0.717) is 0 Å². The molecule has 1 aliphatic heterocycles. The molecule has 11 heavy (non-hydrogen) atoms. The monoisotopic (exact) mass is 162 g/mol. The molecule has 3 nitrogen and oxygen atoms in total. The zero-order valence-electron chi connectivity index (χ0n) is 7.63. The van der Waals surface area contributed by atoms with Crippen molar-refractivity contribution in [2.45, 2.75) is 26.1 Å². The van der Waals surface area contributed by atoms with E-state index < -0.39 is 0 Å². The Morgan fingerprint density at radius 2 is 1.55 bits per heavy atom. The molecule has 0 aliphatic carbocycles. The third-order valence-corrected chi connectivity index (χ3v) is 1.49. The standard InChI is InChI=1S/C4H10O2.C4H8O/c1-4(5-2)6-3;1-2-4-5-3-1/h4H,1-3H3;1-4H2. The maximum Gasteiger partial charge on any atom is 0.154 e. The van der Waals surface area contributed by atoms with Crippen LogP contribution in [0.1, 0.15) is 19.8 Å². The van der Waals surface area contributed by atoms with Crippen LogP contribution in [0.25, 0.3) is 0 Å². The highest BCUT2D eigenvalue weighted by molar-refractivity contribution is 4.43. The van der Waals surface area contributed by atoms with Crippen LogP contribution in [0.3, 0.4) is 0 Å². The molecule has 1 aliphatic rings. The van der Waals surface area contributed by atoms with E-state index in [-0.39, 0.29) is 6.29 Å². The Morgan fingerprint density at radius 1 is 1.09 bits per heavy atom. The highest BCUT2D eigenvalue weighted by Crippen LogP contribution is 1.98. The van der Waals surface area contributed by atoms with E-state index in [1.54, 1.807) is 14.2 Å². The molecule has 1 fully saturated rings. The minimum atomic E-state index is -0.0648. The molecule has 68 valence electrons. The molecule has 0 saturated carbocycles. The lowest BCUT2D eigenvalue weighted by Crippen LogP contribution is -2.05. The molecule has 1 rings (SSSR count). The van der Waals surface area contributed by atoms with Gasteiger partial charge in [-0.1, -0.05) is 0 Å². The molecule has 1 saturated heterocycles. The van der Waals surface area contributed by atoms with Crippen LogP contribution in [-0.2, 0) is 14.2 Å². The van der Waals surface area contributed by atoms with Crippen molar-refractivity contribution in [2.24, 2.45) is 0 Å². The average molecular weight is 162 g/mol. The summed E-state index contributed by atoms with van der Waals surface area (Å²) in [6, 6.07) is 0. The first kappa shape index (κ1) is 10.9. The molecule has 0 N–H and O–H groups in total. The number of rotatable bonds is 2. The van der Waals surface area contributed by atoms with Crippen LogP contribution < -0.4 is 0 Å². The number of hydrogen-bond acceptors (Lipinski definition) is 3. The van der Waals surface area contributed by atoms with Crippen molar-refractivity contribution in [1.82, 2.24) is 0 Å². The van der Waals surface area contributed by atoms with Crippen molar-refractivity contribution in [3.63, 3.8) is 0 Å². The van der Waals surface area contributed by atoms with E-state index in [1.165, 1.54) is 12.8 Å². The molecule has 0 spiro atoms. The van der Waals surface area contributed by atoms with Crippen LogP contribution in [-0.4, -0.2) is 33.7 Å². The van der Waals surface area contributed by atoms with Crippen molar-refractivity contribution in [2.75, 3.05) is 27.4 Å². The minimum absolute atomic E-state index is 0.0648. The molecular formula is C8H18O3. The van der Waals surface area contributed by atoms with Gasteiger partial charge < -0.3 is 14.2 Å². The van der Waals surface area contributed by atoms with Crippen LogP contribution in [0.15, 0.2) is 0 Å². The lowest BCUT2D eigenvalue weighted by molar-refractivity contribution is -0.0877. The van der Waals surface area contributed by atoms with E-state index in [2.05, 4.69) is 9.47 Å². The molecule has 0 amide bonds. The second-order valence-corrected chi connectivity index (χ2v) is 2.36. The smallest absolute Gasteiger partial charge is 0.154 e. The molecule has 3 heteroatoms. The van der Waals surface area contributed by atoms with Gasteiger partial charge in [-0.05, 0) is 19.8 Å². The van der Waals surface area contributed by atoms with E-state index in [1.807, 2.05) is 6.92 Å². The first-order chi connectivity index (χ1) is 5.31. The Hall–Kier alpha value is -0.120. The maximum absolute atomic E-state index is 4.94. The van der Waals surface area contributed by atoms with Crippen molar-refractivity contribution in [1.29, 1.82) is 0 Å². The molecule has 0 unspecified atom stereocenters. The summed E-state index contributed by atoms with van der Waals surface area (Å²) in [6.07, 6.45) is 2.49. The van der Waals surface area contributed by atoms with E-state index in [4.69, 9.17) is 4.74 Å². The van der Waals surface area contributed by atoms with Crippen LogP contribution in [0.4, 0.5) is 0 Å². The lowest BCUT2D eigenvalue weighted by atomic mass is 10.4. The van der Waals surface area contributed by atoms with E-state index in [9.17, 15) is 0 Å². The summed E-state index contributed by atoms with van der Waals surface area (Å²) in [5, 5.41) is 0. The Bertz CT molecular complexity index is 60.1. The van der Waals surface area contributed by atoms with Crippen LogP contribution >= 0.6 is 0 Å². The summed E-state index contributed by atoms with van der Waals surface area (Å²) in [5.74, 6) is 0. The molecule has 0 radical (unpaired) electrons. The first-order valence-corrected chi connectivity index (χ1v) is 3.94. The summed E-state index contributed by atoms with van der Waals surface area (Å²) in [5.41, 5.74) is 0. The third-order valence-electron chi connectivity index (χ3n) is 1.49. The summed E-state index contributed by atoms with van der Waals surface area (Å²) in [7, 11) is 3.21. The van der Waals surface area contributed by atoms with Gasteiger partial charge in [0.25, 0.3) is 0 Å². The largest absolute Gasteiger partial charge is 0.381 e. The summed E-state index contributed by atoms with van der Waals surface area (Å²) >= 11 is 0. The van der Waals surface area contributed by atoms with Gasteiger partial charge in [-0.15, -0.1) is 0 Å². The second-order valence-electron chi connectivity index (χ2n) is 2.36. The summed E-state index contributed by atoms with van der Waals surface area (Å²) in [6.45, 7) is 3.83. The zero-order valence-corrected chi connectivity index (χ0v) is 7.63. The van der Waals surface area contributed by atoms with Crippen molar-refractivity contribution in [3.05, 3.63) is 0 Å². The van der Waals surface area contributed by atoms with Gasteiger partial charge in [0.15, 0.2) is 6.29 Å². The van der Waals surface area contributed by atoms with Gasteiger partial charge in [0.2, 0.25) is 0 Å². The molecule has 0 aromatic rings. The van der Waals surface area contributed by atoms with Gasteiger partial charge in [-0.2, -0.15) is 0 Å². The zero-order chi connectivity index (χ0) is 8.53. The first-order valence-electron chi connectivity index (χ1n) is 3.94. The van der Waals surface area contributed by atoms with Crippen molar-refractivity contribution < 1.29 is 14.2 Å². The fourth-order valence-electron chi connectivity index (χ4n) is 0.607. The molecular weight excluding hydrogens is 144 g/mol. The Morgan fingerprint density at radius 3 is 1.64 bits per heavy atom. The summed E-state index contributed by atoms with van der Waals surface area (Å²) in [4.78, 5) is 0. The van der Waals surface area contributed by atoms with Gasteiger partial charge in [0, 0.05) is 27.4 Å². The topological polar surface area (TPSA) is 27.7 Å². The molecule has 0 aromatic heterocycles. The quantitative estimate of drug-likeness (QED) is 0.575. The van der Waals surface area contributed by atoms with Crippen LogP contribution in [0, 0.1) is 0 Å². The predicted molar refractivity (Wildman–Crippen MR) is 43.5 cm³/mol. The van der Waals surface area contributed by atoms with Crippen molar-refractivity contribution in [3.8, 4) is 0 Å². The third kappa shape index (κ3) is 7.78. The highest BCUT2D eigenvalue weighted by atomic mass is 16.7. The maximum atomic E-state index is 4.94. The van der Waals surface area contributed by atoms with Crippen LogP contribution in [0.5, 0.6) is 0 Å². The van der Waals surface area contributed by atoms with Crippen molar-refractivity contribution >= 4 is 0 Å². The minimum Gasteiger partial charge on any atom is -0.381 e. The van der Waals surface area contributed by atoms with Gasteiger partial charge in [0.1, 0.15) is 0 Å². The Kier molecular flexibility index (Phi) is 7.89.